The third kappa shape index (κ3) is 12.2. The van der Waals surface area contributed by atoms with Gasteiger partial charge in [-0.2, -0.15) is 0 Å². The highest BCUT2D eigenvalue weighted by atomic mass is 19.1. The molecule has 11 heteroatoms. The standard InChI is InChI=1S/C28H32FNO4.C24H26FNO3/c1-5-9-26(31)34-22(18-27(32)33-6-2)16-17-25-28(20-12-14-21(29)15-13-20)23-10-7-8-11-24(23)30(25)19(3)4;1-4-29-23(28)15-19(27)13-14-22-24(17-9-11-18(25)12-10-17)20-7-5-6-8-21(20)26(22)16(2)3/h7-8,10-17,19,22H,5-6,9,18H2,1-4H3;5-14,16,19,27H,4,15H2,1-3H3/b17-16+;14-13+. The molecule has 0 aliphatic rings. The van der Waals surface area contributed by atoms with E-state index in [-0.39, 0.29) is 62.2 Å². The average molecular weight is 861 g/mol. The summed E-state index contributed by atoms with van der Waals surface area (Å²) in [6.45, 7) is 14.3. The molecule has 2 heterocycles. The van der Waals surface area contributed by atoms with Crippen molar-refractivity contribution in [1.82, 2.24) is 9.13 Å². The predicted octanol–water partition coefficient (Wildman–Crippen LogP) is 12.1. The molecule has 2 unspecified atom stereocenters. The van der Waals surface area contributed by atoms with Gasteiger partial charge in [-0.05, 0) is 114 Å². The molecule has 0 fully saturated rings. The van der Waals surface area contributed by atoms with Gasteiger partial charge in [0.1, 0.15) is 17.7 Å². The van der Waals surface area contributed by atoms with Crippen molar-refractivity contribution in [2.24, 2.45) is 0 Å². The fraction of sp³-hybridized carbons (Fsp3) is 0.327. The van der Waals surface area contributed by atoms with Gasteiger partial charge in [0.05, 0.1) is 32.2 Å². The Morgan fingerprint density at radius 3 is 1.46 bits per heavy atom. The van der Waals surface area contributed by atoms with Gasteiger partial charge in [-0.1, -0.05) is 73.7 Å². The van der Waals surface area contributed by atoms with Gasteiger partial charge in [0.15, 0.2) is 0 Å². The maximum Gasteiger partial charge on any atom is 0.309 e. The number of hydrogen-bond donors (Lipinski definition) is 1. The van der Waals surface area contributed by atoms with Gasteiger partial charge in [-0.15, -0.1) is 0 Å². The molecule has 2 atom stereocenters. The first-order valence-electron chi connectivity index (χ1n) is 21.6. The molecule has 0 aliphatic heterocycles. The van der Waals surface area contributed by atoms with Crippen molar-refractivity contribution >= 4 is 51.9 Å². The van der Waals surface area contributed by atoms with Crippen molar-refractivity contribution in [3.05, 3.63) is 132 Å². The third-order valence-electron chi connectivity index (χ3n) is 10.2. The summed E-state index contributed by atoms with van der Waals surface area (Å²) in [5.41, 5.74) is 7.58. The van der Waals surface area contributed by atoms with Crippen LogP contribution in [0.25, 0.3) is 56.2 Å². The van der Waals surface area contributed by atoms with E-state index in [1.807, 2.05) is 55.5 Å². The quantitative estimate of drug-likeness (QED) is 0.0718. The maximum atomic E-state index is 13.7. The van der Waals surface area contributed by atoms with Crippen LogP contribution in [0.5, 0.6) is 0 Å². The number of hydrogen-bond acceptors (Lipinski definition) is 7. The molecule has 0 saturated heterocycles. The van der Waals surface area contributed by atoms with Crippen LogP contribution in [0.2, 0.25) is 0 Å². The number of esters is 3. The zero-order valence-corrected chi connectivity index (χ0v) is 37.1. The van der Waals surface area contributed by atoms with E-state index < -0.39 is 24.1 Å². The van der Waals surface area contributed by atoms with Crippen LogP contribution in [-0.4, -0.2) is 57.6 Å². The van der Waals surface area contributed by atoms with Crippen LogP contribution >= 0.6 is 0 Å². The number of benzene rings is 4. The van der Waals surface area contributed by atoms with Gasteiger partial charge in [0.2, 0.25) is 0 Å². The summed E-state index contributed by atoms with van der Waals surface area (Å²) >= 11 is 0. The Kier molecular flexibility index (Phi) is 17.2. The fourth-order valence-electron chi connectivity index (χ4n) is 7.67. The zero-order chi connectivity index (χ0) is 45.6. The minimum absolute atomic E-state index is 0.0619. The summed E-state index contributed by atoms with van der Waals surface area (Å²) in [5.74, 6) is -1.81. The molecule has 0 amide bonds. The second-order valence-electron chi connectivity index (χ2n) is 15.6. The first kappa shape index (κ1) is 47.7. The van der Waals surface area contributed by atoms with E-state index in [4.69, 9.17) is 14.2 Å². The van der Waals surface area contributed by atoms with Gasteiger partial charge in [0.25, 0.3) is 0 Å². The number of nitrogens with zero attached hydrogens (tertiary/aromatic N) is 2. The van der Waals surface area contributed by atoms with Crippen LogP contribution in [0.4, 0.5) is 8.78 Å². The number of aromatic nitrogens is 2. The Hall–Kier alpha value is -6.33. The Labute approximate surface area is 368 Å². The fourth-order valence-corrected chi connectivity index (χ4v) is 7.67. The molecule has 0 radical (unpaired) electrons. The molecule has 332 valence electrons. The molecule has 1 N–H and O–H groups in total. The van der Waals surface area contributed by atoms with E-state index in [1.54, 1.807) is 50.3 Å². The number of carbonyl (C=O) groups is 3. The predicted molar refractivity (Wildman–Crippen MR) is 247 cm³/mol. The van der Waals surface area contributed by atoms with Crippen molar-refractivity contribution in [3.63, 3.8) is 0 Å². The SMILES string of the molecule is CCCC(=O)OC(/C=C/c1c(-c2ccc(F)cc2)c2ccccc2n1C(C)C)CC(=O)OCC.CCOC(=O)CC(O)/C=C/c1c(-c2ccc(F)cc2)c2ccccc2n1C(C)C. The number of aliphatic hydroxyl groups is 1. The summed E-state index contributed by atoms with van der Waals surface area (Å²) in [4.78, 5) is 36.0. The summed E-state index contributed by atoms with van der Waals surface area (Å²) in [6, 6.07) is 29.2. The number of fused-ring (bicyclic) bond motifs is 2. The Morgan fingerprint density at radius 2 is 1.03 bits per heavy atom. The van der Waals surface area contributed by atoms with E-state index in [9.17, 15) is 28.3 Å². The molecule has 0 spiro atoms. The normalized spacial score (nSPS) is 12.6. The molecular formula is C52H58F2N2O7. The van der Waals surface area contributed by atoms with Crippen LogP contribution in [0, 0.1) is 11.6 Å². The van der Waals surface area contributed by atoms with Gasteiger partial charge in [0, 0.05) is 62.8 Å². The van der Waals surface area contributed by atoms with Crippen LogP contribution in [0.15, 0.2) is 109 Å². The number of halogens is 2. The summed E-state index contributed by atoms with van der Waals surface area (Å²) in [5, 5.41) is 12.3. The first-order valence-corrected chi connectivity index (χ1v) is 21.6. The number of para-hydroxylation sites is 2. The topological polar surface area (TPSA) is 109 Å². The van der Waals surface area contributed by atoms with E-state index in [0.717, 1.165) is 55.4 Å². The monoisotopic (exact) mass is 860 g/mol. The van der Waals surface area contributed by atoms with Gasteiger partial charge in [-0.25, -0.2) is 8.78 Å². The van der Waals surface area contributed by atoms with Gasteiger partial charge < -0.3 is 28.5 Å². The Balaban J connectivity index is 0.000000240. The molecule has 6 rings (SSSR count). The summed E-state index contributed by atoms with van der Waals surface area (Å²) in [6.07, 6.45) is 6.15. The smallest absolute Gasteiger partial charge is 0.309 e. The van der Waals surface area contributed by atoms with Crippen molar-refractivity contribution in [2.75, 3.05) is 13.2 Å². The van der Waals surface area contributed by atoms with Crippen molar-refractivity contribution < 1.29 is 42.5 Å². The van der Waals surface area contributed by atoms with E-state index in [0.29, 0.717) is 6.42 Å². The number of carbonyl (C=O) groups excluding carboxylic acids is 3. The van der Waals surface area contributed by atoms with E-state index in [1.165, 1.54) is 24.3 Å². The first-order chi connectivity index (χ1) is 30.3. The van der Waals surface area contributed by atoms with Crippen LogP contribution in [-0.2, 0) is 28.6 Å². The minimum Gasteiger partial charge on any atom is -0.466 e. The van der Waals surface area contributed by atoms with Crippen molar-refractivity contribution in [3.8, 4) is 22.3 Å². The molecule has 6 aromatic rings. The largest absolute Gasteiger partial charge is 0.466 e. The zero-order valence-electron chi connectivity index (χ0n) is 37.1. The highest BCUT2D eigenvalue weighted by Crippen LogP contribution is 2.39. The van der Waals surface area contributed by atoms with Crippen molar-refractivity contribution in [1.29, 1.82) is 0 Å². The lowest BCUT2D eigenvalue weighted by Gasteiger charge is -2.16. The highest BCUT2D eigenvalue weighted by molar-refractivity contribution is 6.02. The van der Waals surface area contributed by atoms with Crippen LogP contribution in [0.3, 0.4) is 0 Å². The van der Waals surface area contributed by atoms with Crippen LogP contribution in [0.1, 0.15) is 97.6 Å². The number of aliphatic hydroxyl groups excluding tert-OH is 1. The molecule has 0 saturated carbocycles. The second-order valence-corrected chi connectivity index (χ2v) is 15.6. The molecule has 2 aromatic heterocycles. The lowest BCUT2D eigenvalue weighted by Crippen LogP contribution is -2.21. The highest BCUT2D eigenvalue weighted by Gasteiger charge is 2.22. The van der Waals surface area contributed by atoms with Gasteiger partial charge in [-0.3, -0.25) is 14.4 Å². The molecule has 63 heavy (non-hydrogen) atoms. The molecule has 0 aliphatic carbocycles. The molecule has 4 aromatic carbocycles. The van der Waals surface area contributed by atoms with Gasteiger partial charge >= 0.3 is 17.9 Å². The van der Waals surface area contributed by atoms with Crippen LogP contribution < -0.4 is 0 Å². The Bertz CT molecular complexity index is 2510. The second kappa shape index (κ2) is 22.7. The van der Waals surface area contributed by atoms with E-state index >= 15 is 0 Å². The molecule has 9 nitrogen and oxygen atoms in total. The van der Waals surface area contributed by atoms with Crippen molar-refractivity contribution in [2.45, 2.75) is 98.4 Å². The summed E-state index contributed by atoms with van der Waals surface area (Å²) in [7, 11) is 0. The number of rotatable bonds is 17. The third-order valence-corrected chi connectivity index (χ3v) is 10.2. The lowest BCUT2D eigenvalue weighted by atomic mass is 10.0. The minimum atomic E-state index is -0.950. The average Bonchev–Trinajstić information content (AvgIpc) is 3.76. The number of ether oxygens (including phenoxy) is 3. The molecular weight excluding hydrogens is 803 g/mol. The maximum absolute atomic E-state index is 13.7. The van der Waals surface area contributed by atoms with E-state index in [2.05, 4.69) is 49.0 Å². The lowest BCUT2D eigenvalue weighted by molar-refractivity contribution is -0.152. The Morgan fingerprint density at radius 1 is 0.603 bits per heavy atom. The molecule has 0 bridgehead atoms. The summed E-state index contributed by atoms with van der Waals surface area (Å²) < 4.78 is 47.1.